The molecule has 0 radical (unpaired) electrons. The molecule has 0 aromatic carbocycles. The molecule has 6 heteroatoms. The van der Waals surface area contributed by atoms with Gasteiger partial charge in [-0.15, -0.1) is 0 Å². The summed E-state index contributed by atoms with van der Waals surface area (Å²) in [7, 11) is 0. The molecule has 2 aliphatic carbocycles. The van der Waals surface area contributed by atoms with Gasteiger partial charge < -0.3 is 0 Å². The highest BCUT2D eigenvalue weighted by molar-refractivity contribution is 5.49. The minimum atomic E-state index is -0.490. The maximum absolute atomic E-state index is 4.43. The Morgan fingerprint density at radius 2 is 2.00 bits per heavy atom. The van der Waals surface area contributed by atoms with Crippen LogP contribution < -0.4 is 0 Å². The topological polar surface area (TPSA) is 74.2 Å². The van der Waals surface area contributed by atoms with Gasteiger partial charge in [-0.1, -0.05) is 12.5 Å². The Morgan fingerprint density at radius 1 is 1.06 bits per heavy atom. The van der Waals surface area contributed by atoms with Gasteiger partial charge in [0.2, 0.25) is 0 Å². The molecule has 3 spiro atoms. The Labute approximate surface area is 91.6 Å². The fourth-order valence-corrected chi connectivity index (χ4v) is 3.72. The van der Waals surface area contributed by atoms with Crippen LogP contribution in [0.5, 0.6) is 0 Å². The van der Waals surface area contributed by atoms with Crippen LogP contribution in [0, 0.1) is 0 Å². The van der Waals surface area contributed by atoms with Gasteiger partial charge >= 0.3 is 0 Å². The van der Waals surface area contributed by atoms with E-state index in [2.05, 4.69) is 36.8 Å². The highest BCUT2D eigenvalue weighted by atomic mass is 15.6. The first-order valence-electron chi connectivity index (χ1n) is 5.84. The molecule has 0 N–H and O–H groups in total. The summed E-state index contributed by atoms with van der Waals surface area (Å²) in [5, 5.41) is 25.6. The van der Waals surface area contributed by atoms with Crippen molar-refractivity contribution in [2.75, 3.05) is 0 Å². The third-order valence-electron chi connectivity index (χ3n) is 4.67. The highest BCUT2D eigenvalue weighted by Crippen LogP contribution is 2.68. The first-order chi connectivity index (χ1) is 7.83. The molecule has 0 amide bonds. The number of rotatable bonds is 0. The van der Waals surface area contributed by atoms with Gasteiger partial charge in [-0.25, -0.2) is 0 Å². The third kappa shape index (κ3) is 0.456. The van der Waals surface area contributed by atoms with Crippen molar-refractivity contribution in [2.24, 2.45) is 30.7 Å². The van der Waals surface area contributed by atoms with E-state index in [-0.39, 0.29) is 11.6 Å². The number of nitrogens with zero attached hydrogens (tertiary/aromatic N) is 6. The maximum atomic E-state index is 4.43. The molecule has 16 heavy (non-hydrogen) atoms. The van der Waals surface area contributed by atoms with Crippen LogP contribution in [-0.2, 0) is 0 Å². The summed E-state index contributed by atoms with van der Waals surface area (Å²) in [5.74, 6) is 0. The molecule has 4 atom stereocenters. The van der Waals surface area contributed by atoms with Gasteiger partial charge in [0, 0.05) is 0 Å². The summed E-state index contributed by atoms with van der Waals surface area (Å²) in [6, 6.07) is 0.0745. The predicted molar refractivity (Wildman–Crippen MR) is 53.1 cm³/mol. The first-order valence-corrected chi connectivity index (χ1v) is 5.84. The fraction of sp³-hybridized carbons (Fsp3) is 0.800. The average Bonchev–Trinajstić information content (AvgIpc) is 2.21. The summed E-state index contributed by atoms with van der Waals surface area (Å²) in [6.45, 7) is 0. The summed E-state index contributed by atoms with van der Waals surface area (Å²) in [6.07, 6.45) is 6.82. The summed E-state index contributed by atoms with van der Waals surface area (Å²) in [5.41, 5.74) is 0.210. The van der Waals surface area contributed by atoms with E-state index >= 15 is 0 Å². The third-order valence-corrected chi connectivity index (χ3v) is 4.67. The zero-order chi connectivity index (χ0) is 10.4. The van der Waals surface area contributed by atoms with Crippen LogP contribution in [0.1, 0.15) is 25.7 Å². The monoisotopic (exact) mass is 214 g/mol. The molecule has 4 unspecified atom stereocenters. The quantitative estimate of drug-likeness (QED) is 0.555. The van der Waals surface area contributed by atoms with Gasteiger partial charge in [-0.2, -0.15) is 30.7 Å². The van der Waals surface area contributed by atoms with Gasteiger partial charge in [0.1, 0.15) is 6.04 Å². The number of azo groups is 3. The van der Waals surface area contributed by atoms with Gasteiger partial charge in [0.25, 0.3) is 11.3 Å². The molecular weight excluding hydrogens is 204 g/mol. The van der Waals surface area contributed by atoms with Crippen LogP contribution in [0.25, 0.3) is 0 Å². The lowest BCUT2D eigenvalue weighted by Gasteiger charge is -2.63. The Hall–Kier alpha value is -1.46. The molecule has 0 bridgehead atoms. The second kappa shape index (κ2) is 1.89. The lowest BCUT2D eigenvalue weighted by molar-refractivity contribution is -0.0455. The van der Waals surface area contributed by atoms with E-state index in [0.29, 0.717) is 0 Å². The summed E-state index contributed by atoms with van der Waals surface area (Å²) < 4.78 is 0. The fourth-order valence-electron chi connectivity index (χ4n) is 3.72. The minimum Gasteiger partial charge on any atom is -0.179 e. The molecule has 3 heterocycles. The zero-order valence-corrected chi connectivity index (χ0v) is 8.67. The summed E-state index contributed by atoms with van der Waals surface area (Å²) in [4.78, 5) is 0. The normalized spacial score (nSPS) is 58.0. The van der Waals surface area contributed by atoms with Crippen LogP contribution >= 0.6 is 0 Å². The Kier molecular flexibility index (Phi) is 0.917. The smallest absolute Gasteiger partial charge is 0.179 e. The largest absolute Gasteiger partial charge is 0.271 e. The molecular formula is C10H10N6. The van der Waals surface area contributed by atoms with E-state index in [1.165, 1.54) is 18.4 Å². The van der Waals surface area contributed by atoms with E-state index in [1.807, 2.05) is 0 Å². The molecule has 6 nitrogen and oxygen atoms in total. The maximum Gasteiger partial charge on any atom is 0.271 e. The average molecular weight is 214 g/mol. The standard InChI is InChI=1S/C10H10N6/c1-2-4-8-6(3-1)5-7-9(13-11-7)10(8,15-12-8)16-14-9/h5,7H,1-4H2. The van der Waals surface area contributed by atoms with Crippen molar-refractivity contribution in [1.82, 2.24) is 0 Å². The van der Waals surface area contributed by atoms with Crippen molar-refractivity contribution in [2.45, 2.75) is 48.6 Å². The zero-order valence-electron chi connectivity index (χ0n) is 8.67. The molecule has 1 fully saturated rings. The lowest BCUT2D eigenvalue weighted by Crippen LogP contribution is -2.79. The van der Waals surface area contributed by atoms with Crippen LogP contribution in [0.3, 0.4) is 0 Å². The van der Waals surface area contributed by atoms with E-state index < -0.39 is 11.3 Å². The Bertz CT molecular complexity index is 533. The SMILES string of the molecule is C1=C2CCCCC23N=NC32N=NC23N=NC13. The van der Waals surface area contributed by atoms with Crippen molar-refractivity contribution < 1.29 is 0 Å². The van der Waals surface area contributed by atoms with Crippen molar-refractivity contribution in [3.63, 3.8) is 0 Å². The van der Waals surface area contributed by atoms with Crippen LogP contribution in [0.2, 0.25) is 0 Å². The molecule has 0 saturated heterocycles. The van der Waals surface area contributed by atoms with Gasteiger partial charge in [0.15, 0.2) is 5.54 Å². The van der Waals surface area contributed by atoms with Crippen LogP contribution in [0.15, 0.2) is 42.3 Å². The van der Waals surface area contributed by atoms with E-state index in [1.54, 1.807) is 0 Å². The van der Waals surface area contributed by atoms with E-state index in [4.69, 9.17) is 0 Å². The van der Waals surface area contributed by atoms with Crippen molar-refractivity contribution >= 4 is 0 Å². The van der Waals surface area contributed by atoms with Gasteiger partial charge in [-0.3, -0.25) is 0 Å². The molecule has 3 aliphatic heterocycles. The predicted octanol–water partition coefficient (Wildman–Crippen LogP) is 2.40. The number of hydrogen-bond acceptors (Lipinski definition) is 6. The Balaban J connectivity index is 1.82. The molecule has 80 valence electrons. The first kappa shape index (κ1) is 7.76. The van der Waals surface area contributed by atoms with Crippen molar-refractivity contribution in [3.8, 4) is 0 Å². The minimum absolute atomic E-state index is 0.0745. The highest BCUT2D eigenvalue weighted by Gasteiger charge is 2.83. The lowest BCUT2D eigenvalue weighted by atomic mass is 9.57. The summed E-state index contributed by atoms with van der Waals surface area (Å²) >= 11 is 0. The van der Waals surface area contributed by atoms with Crippen LogP contribution in [0.4, 0.5) is 0 Å². The second-order valence-electron chi connectivity index (χ2n) is 5.22. The molecule has 5 aliphatic rings. The Morgan fingerprint density at radius 3 is 2.62 bits per heavy atom. The van der Waals surface area contributed by atoms with Gasteiger partial charge in [-0.05, 0) is 24.8 Å². The molecule has 0 aromatic heterocycles. The van der Waals surface area contributed by atoms with Gasteiger partial charge in [0.05, 0.1) is 0 Å². The van der Waals surface area contributed by atoms with E-state index in [0.717, 1.165) is 12.8 Å². The number of hydrogen-bond donors (Lipinski definition) is 0. The second-order valence-corrected chi connectivity index (χ2v) is 5.22. The molecule has 1 saturated carbocycles. The molecule has 5 rings (SSSR count). The molecule has 0 aromatic rings. The van der Waals surface area contributed by atoms with Crippen molar-refractivity contribution in [3.05, 3.63) is 11.6 Å². The van der Waals surface area contributed by atoms with E-state index in [9.17, 15) is 0 Å². The van der Waals surface area contributed by atoms with Crippen LogP contribution in [-0.4, -0.2) is 22.9 Å². The van der Waals surface area contributed by atoms with Crippen molar-refractivity contribution in [1.29, 1.82) is 0 Å².